The van der Waals surface area contributed by atoms with E-state index < -0.39 is 10.0 Å². The minimum atomic E-state index is -3.60. The van der Waals surface area contributed by atoms with E-state index in [1.54, 1.807) is 24.3 Å². The van der Waals surface area contributed by atoms with Crippen LogP contribution in [0.2, 0.25) is 0 Å². The highest BCUT2D eigenvalue weighted by Gasteiger charge is 2.27. The number of carbonyl (C=O) groups excluding carboxylic acids is 2. The number of carbonyl (C=O) groups is 2. The molecule has 1 fully saturated rings. The molecule has 156 valence electrons. The summed E-state index contributed by atoms with van der Waals surface area (Å²) in [6.45, 7) is 2.46. The van der Waals surface area contributed by atoms with Gasteiger partial charge in [0.1, 0.15) is 0 Å². The van der Waals surface area contributed by atoms with Gasteiger partial charge >= 0.3 is 0 Å². The van der Waals surface area contributed by atoms with E-state index in [0.29, 0.717) is 36.7 Å². The normalized spacial score (nSPS) is 15.8. The van der Waals surface area contributed by atoms with Gasteiger partial charge in [-0.2, -0.15) is 4.31 Å². The summed E-state index contributed by atoms with van der Waals surface area (Å²) in [7, 11) is -1.64. The maximum atomic E-state index is 12.8. The number of amides is 2. The molecule has 8 nitrogen and oxygen atoms in total. The number of thiophene rings is 1. The van der Waals surface area contributed by atoms with Crippen molar-refractivity contribution >= 4 is 38.9 Å². The lowest BCUT2D eigenvalue weighted by Gasteiger charge is -2.31. The van der Waals surface area contributed by atoms with E-state index in [4.69, 9.17) is 0 Å². The maximum Gasteiger partial charge on any atom is 0.261 e. The second kappa shape index (κ2) is 9.49. The van der Waals surface area contributed by atoms with Crippen LogP contribution in [0.15, 0.2) is 46.7 Å². The fourth-order valence-corrected chi connectivity index (χ4v) is 5.03. The molecule has 1 aliphatic heterocycles. The van der Waals surface area contributed by atoms with Crippen LogP contribution in [0.4, 0.5) is 5.69 Å². The monoisotopic (exact) mass is 436 g/mol. The number of anilines is 1. The van der Waals surface area contributed by atoms with Gasteiger partial charge < -0.3 is 15.5 Å². The van der Waals surface area contributed by atoms with Crippen molar-refractivity contribution in [1.82, 2.24) is 14.5 Å². The first-order valence-corrected chi connectivity index (χ1v) is 11.6. The zero-order chi connectivity index (χ0) is 20.9. The first kappa shape index (κ1) is 21.4. The van der Waals surface area contributed by atoms with Crippen LogP contribution < -0.4 is 10.6 Å². The maximum absolute atomic E-state index is 12.8. The summed E-state index contributed by atoms with van der Waals surface area (Å²) in [4.78, 5) is 26.8. The van der Waals surface area contributed by atoms with Crippen LogP contribution in [0.3, 0.4) is 0 Å². The molecule has 0 spiro atoms. The molecular weight excluding hydrogens is 412 g/mol. The van der Waals surface area contributed by atoms with Crippen molar-refractivity contribution in [2.24, 2.45) is 0 Å². The number of likely N-dealkylation sites (N-methyl/N-ethyl adjacent to an activating group) is 1. The van der Waals surface area contributed by atoms with E-state index in [0.717, 1.165) is 0 Å². The summed E-state index contributed by atoms with van der Waals surface area (Å²) < 4.78 is 27.1. The van der Waals surface area contributed by atoms with Crippen LogP contribution in [0.5, 0.6) is 0 Å². The van der Waals surface area contributed by atoms with Crippen LogP contribution in [-0.4, -0.2) is 69.2 Å². The highest BCUT2D eigenvalue weighted by Crippen LogP contribution is 2.21. The van der Waals surface area contributed by atoms with Crippen molar-refractivity contribution in [1.29, 1.82) is 0 Å². The van der Waals surface area contributed by atoms with Gasteiger partial charge in [0, 0.05) is 44.8 Å². The number of nitrogens with zero attached hydrogens (tertiary/aromatic N) is 2. The SMILES string of the molecule is CN1CCN(S(=O)(=O)c2cccc(NC(=O)CCNC(=O)c3cccs3)c2)CC1. The van der Waals surface area contributed by atoms with Gasteiger partial charge in [-0.15, -0.1) is 11.3 Å². The molecule has 10 heteroatoms. The third-order valence-electron chi connectivity index (χ3n) is 4.60. The van der Waals surface area contributed by atoms with Crippen molar-refractivity contribution in [3.8, 4) is 0 Å². The molecule has 1 aliphatic rings. The Morgan fingerprint density at radius 3 is 2.55 bits per heavy atom. The quantitative estimate of drug-likeness (QED) is 0.684. The van der Waals surface area contributed by atoms with Gasteiger partial charge in [0.2, 0.25) is 15.9 Å². The van der Waals surface area contributed by atoms with E-state index in [9.17, 15) is 18.0 Å². The van der Waals surface area contributed by atoms with Crippen molar-refractivity contribution in [3.05, 3.63) is 46.7 Å². The molecule has 0 saturated carbocycles. The molecule has 2 N–H and O–H groups in total. The van der Waals surface area contributed by atoms with Crippen LogP contribution in [0, 0.1) is 0 Å². The summed E-state index contributed by atoms with van der Waals surface area (Å²) in [6, 6.07) is 9.75. The van der Waals surface area contributed by atoms with E-state index in [1.807, 2.05) is 12.4 Å². The lowest BCUT2D eigenvalue weighted by molar-refractivity contribution is -0.116. The average molecular weight is 437 g/mol. The molecule has 2 aromatic rings. The van der Waals surface area contributed by atoms with Gasteiger partial charge in [0.05, 0.1) is 9.77 Å². The fraction of sp³-hybridized carbons (Fsp3) is 0.368. The van der Waals surface area contributed by atoms with Crippen LogP contribution in [0.1, 0.15) is 16.1 Å². The molecule has 0 unspecified atom stereocenters. The first-order chi connectivity index (χ1) is 13.9. The van der Waals surface area contributed by atoms with Crippen molar-refractivity contribution in [3.63, 3.8) is 0 Å². The minimum absolute atomic E-state index is 0.0898. The van der Waals surface area contributed by atoms with Gasteiger partial charge in [-0.05, 0) is 36.7 Å². The third-order valence-corrected chi connectivity index (χ3v) is 7.36. The molecule has 1 aromatic heterocycles. The number of hydrogen-bond donors (Lipinski definition) is 2. The summed E-state index contributed by atoms with van der Waals surface area (Å²) in [6.07, 6.45) is 0.0898. The third kappa shape index (κ3) is 5.63. The molecular formula is C19H24N4O4S2. The number of benzene rings is 1. The first-order valence-electron chi connectivity index (χ1n) is 9.26. The molecule has 3 rings (SSSR count). The van der Waals surface area contributed by atoms with Crippen LogP contribution in [0.25, 0.3) is 0 Å². The summed E-state index contributed by atoms with van der Waals surface area (Å²) in [5, 5.41) is 7.19. The number of piperazine rings is 1. The van der Waals surface area contributed by atoms with E-state index in [2.05, 4.69) is 15.5 Å². The van der Waals surface area contributed by atoms with Crippen LogP contribution in [-0.2, 0) is 14.8 Å². The Balaban J connectivity index is 1.55. The van der Waals surface area contributed by atoms with Crippen LogP contribution >= 0.6 is 11.3 Å². The zero-order valence-electron chi connectivity index (χ0n) is 16.1. The molecule has 0 radical (unpaired) electrons. The largest absolute Gasteiger partial charge is 0.351 e. The minimum Gasteiger partial charge on any atom is -0.351 e. The molecule has 0 atom stereocenters. The van der Waals surface area contributed by atoms with Gasteiger partial charge in [0.25, 0.3) is 5.91 Å². The number of hydrogen-bond acceptors (Lipinski definition) is 6. The predicted octanol–water partition coefficient (Wildman–Crippen LogP) is 1.44. The van der Waals surface area contributed by atoms with E-state index in [-0.39, 0.29) is 29.7 Å². The molecule has 29 heavy (non-hydrogen) atoms. The summed E-state index contributed by atoms with van der Waals surface area (Å²) >= 11 is 1.33. The van der Waals surface area contributed by atoms with Crippen molar-refractivity contribution in [2.75, 3.05) is 45.1 Å². The lowest BCUT2D eigenvalue weighted by atomic mass is 10.3. The van der Waals surface area contributed by atoms with Gasteiger partial charge in [-0.3, -0.25) is 9.59 Å². The highest BCUT2D eigenvalue weighted by atomic mass is 32.2. The Labute approximate surface area is 174 Å². The number of rotatable bonds is 7. The van der Waals surface area contributed by atoms with E-state index >= 15 is 0 Å². The molecule has 0 bridgehead atoms. The Morgan fingerprint density at radius 2 is 1.86 bits per heavy atom. The smallest absolute Gasteiger partial charge is 0.261 e. The van der Waals surface area contributed by atoms with Gasteiger partial charge in [0.15, 0.2) is 0 Å². The second-order valence-electron chi connectivity index (χ2n) is 6.77. The second-order valence-corrected chi connectivity index (χ2v) is 9.65. The summed E-state index contributed by atoms with van der Waals surface area (Å²) in [5.41, 5.74) is 0.412. The Kier molecular flexibility index (Phi) is 7.01. The predicted molar refractivity (Wildman–Crippen MR) is 113 cm³/mol. The van der Waals surface area contributed by atoms with Crippen molar-refractivity contribution in [2.45, 2.75) is 11.3 Å². The summed E-state index contributed by atoms with van der Waals surface area (Å²) in [5.74, 6) is -0.515. The Hall–Kier alpha value is -2.27. The molecule has 1 aromatic carbocycles. The van der Waals surface area contributed by atoms with Gasteiger partial charge in [-0.1, -0.05) is 12.1 Å². The molecule has 1 saturated heterocycles. The number of nitrogens with one attached hydrogen (secondary N) is 2. The fourth-order valence-electron chi connectivity index (χ4n) is 2.92. The molecule has 2 amide bonds. The number of sulfonamides is 1. The Morgan fingerprint density at radius 1 is 1.10 bits per heavy atom. The topological polar surface area (TPSA) is 98.8 Å². The average Bonchev–Trinajstić information content (AvgIpc) is 3.23. The molecule has 2 heterocycles. The van der Waals surface area contributed by atoms with Crippen molar-refractivity contribution < 1.29 is 18.0 Å². The lowest BCUT2D eigenvalue weighted by Crippen LogP contribution is -2.47. The Bertz CT molecular complexity index is 952. The standard InChI is InChI=1S/C19H24N4O4S2/c1-22-9-11-23(12-10-22)29(26,27)16-5-2-4-15(14-16)21-18(24)7-8-20-19(25)17-6-3-13-28-17/h2-6,13-14H,7-12H2,1H3,(H,20,25)(H,21,24). The zero-order valence-corrected chi connectivity index (χ0v) is 17.8. The molecule has 0 aliphatic carbocycles. The van der Waals surface area contributed by atoms with Gasteiger partial charge in [-0.25, -0.2) is 8.42 Å². The highest BCUT2D eigenvalue weighted by molar-refractivity contribution is 7.89. The van der Waals surface area contributed by atoms with E-state index in [1.165, 1.54) is 27.8 Å².